The fourth-order valence-corrected chi connectivity index (χ4v) is 3.21. The standard InChI is InChI=1S/C24H24N6O2/c1-24(2,23(25)31)22-10-17(8-9-28-22)19-13-27-14-20(29-19)21-11-18(30-32-21)16-6-4-15(5-7-16)12-26-3/h4-11,13-14,26H,12H2,1-3H3,(H2,25,31). The monoisotopic (exact) mass is 428 g/mol. The van der Waals surface area contributed by atoms with Crippen LogP contribution in [0.3, 0.4) is 0 Å². The third-order valence-electron chi connectivity index (χ3n) is 5.34. The molecule has 0 unspecified atom stereocenters. The van der Waals surface area contributed by atoms with Crippen molar-refractivity contribution in [2.45, 2.75) is 25.8 Å². The van der Waals surface area contributed by atoms with Gasteiger partial charge < -0.3 is 15.6 Å². The Bertz CT molecular complexity index is 1250. The normalized spacial score (nSPS) is 11.5. The van der Waals surface area contributed by atoms with Gasteiger partial charge in [0, 0.05) is 29.9 Å². The van der Waals surface area contributed by atoms with Crippen LogP contribution < -0.4 is 11.1 Å². The second-order valence-electron chi connectivity index (χ2n) is 8.01. The molecule has 0 aliphatic rings. The van der Waals surface area contributed by atoms with Gasteiger partial charge in [-0.3, -0.25) is 14.8 Å². The van der Waals surface area contributed by atoms with Crippen molar-refractivity contribution in [1.29, 1.82) is 0 Å². The number of hydrogen-bond acceptors (Lipinski definition) is 7. The summed E-state index contributed by atoms with van der Waals surface area (Å²) in [6.07, 6.45) is 4.91. The second kappa shape index (κ2) is 8.68. The first-order valence-electron chi connectivity index (χ1n) is 10.2. The molecular weight excluding hydrogens is 404 g/mol. The minimum Gasteiger partial charge on any atom is -0.369 e. The van der Waals surface area contributed by atoms with Crippen LogP contribution in [0.5, 0.6) is 0 Å². The smallest absolute Gasteiger partial charge is 0.229 e. The van der Waals surface area contributed by atoms with Crippen molar-refractivity contribution < 1.29 is 9.32 Å². The summed E-state index contributed by atoms with van der Waals surface area (Å²) in [5, 5.41) is 7.32. The minimum atomic E-state index is -0.899. The molecule has 3 heterocycles. The second-order valence-corrected chi connectivity index (χ2v) is 8.01. The highest BCUT2D eigenvalue weighted by atomic mass is 16.5. The zero-order valence-electron chi connectivity index (χ0n) is 18.2. The van der Waals surface area contributed by atoms with Crippen LogP contribution in [0.2, 0.25) is 0 Å². The van der Waals surface area contributed by atoms with Crippen molar-refractivity contribution in [3.63, 3.8) is 0 Å². The molecule has 0 fully saturated rings. The number of pyridine rings is 1. The zero-order chi connectivity index (χ0) is 22.7. The molecule has 4 aromatic rings. The molecule has 3 N–H and O–H groups in total. The third-order valence-corrected chi connectivity index (χ3v) is 5.34. The molecule has 8 heteroatoms. The minimum absolute atomic E-state index is 0.449. The van der Waals surface area contributed by atoms with E-state index in [0.29, 0.717) is 22.8 Å². The number of amides is 1. The van der Waals surface area contributed by atoms with E-state index in [1.807, 2.05) is 31.3 Å². The average Bonchev–Trinajstić information content (AvgIpc) is 3.30. The number of nitrogens with zero attached hydrogens (tertiary/aromatic N) is 4. The molecule has 0 atom stereocenters. The fourth-order valence-electron chi connectivity index (χ4n) is 3.21. The molecule has 0 saturated heterocycles. The predicted octanol–water partition coefficient (Wildman–Crippen LogP) is 3.34. The van der Waals surface area contributed by atoms with Crippen LogP contribution in [-0.2, 0) is 16.8 Å². The Morgan fingerprint density at radius 1 is 1.03 bits per heavy atom. The molecule has 1 amide bonds. The van der Waals surface area contributed by atoms with Gasteiger partial charge in [-0.05, 0) is 38.6 Å². The van der Waals surface area contributed by atoms with Gasteiger partial charge in [-0.15, -0.1) is 0 Å². The first kappa shape index (κ1) is 21.3. The van der Waals surface area contributed by atoms with Crippen LogP contribution in [0, 0.1) is 0 Å². The van der Waals surface area contributed by atoms with Crippen LogP contribution in [0.1, 0.15) is 25.1 Å². The Labute approximate surface area is 185 Å². The van der Waals surface area contributed by atoms with Gasteiger partial charge in [-0.2, -0.15) is 0 Å². The van der Waals surface area contributed by atoms with Crippen molar-refractivity contribution in [1.82, 2.24) is 25.4 Å². The van der Waals surface area contributed by atoms with E-state index >= 15 is 0 Å². The van der Waals surface area contributed by atoms with Gasteiger partial charge in [0.1, 0.15) is 11.4 Å². The summed E-state index contributed by atoms with van der Waals surface area (Å²) < 4.78 is 5.54. The maximum Gasteiger partial charge on any atom is 0.229 e. The Hall–Kier alpha value is -3.91. The molecule has 0 aliphatic heterocycles. The predicted molar refractivity (Wildman–Crippen MR) is 121 cm³/mol. The molecule has 0 aliphatic carbocycles. The van der Waals surface area contributed by atoms with Crippen molar-refractivity contribution in [3.05, 3.63) is 72.3 Å². The molecule has 0 saturated carbocycles. The Morgan fingerprint density at radius 3 is 2.50 bits per heavy atom. The molecule has 0 radical (unpaired) electrons. The van der Waals surface area contributed by atoms with Crippen molar-refractivity contribution in [2.24, 2.45) is 5.73 Å². The van der Waals surface area contributed by atoms with Crippen molar-refractivity contribution in [3.8, 4) is 34.0 Å². The Kier molecular flexibility index (Phi) is 5.79. The summed E-state index contributed by atoms with van der Waals surface area (Å²) >= 11 is 0. The number of rotatable bonds is 7. The summed E-state index contributed by atoms with van der Waals surface area (Å²) in [5.41, 5.74) is 10.0. The Morgan fingerprint density at radius 2 is 1.78 bits per heavy atom. The topological polar surface area (TPSA) is 120 Å². The first-order valence-corrected chi connectivity index (χ1v) is 10.2. The van der Waals surface area contributed by atoms with Gasteiger partial charge in [0.15, 0.2) is 5.76 Å². The van der Waals surface area contributed by atoms with E-state index in [4.69, 9.17) is 10.3 Å². The SMILES string of the molecule is CNCc1ccc(-c2cc(-c3cncc(-c4ccnc(C(C)(C)C(N)=O)c4)n3)on2)cc1. The van der Waals surface area contributed by atoms with E-state index in [2.05, 4.69) is 37.6 Å². The average molecular weight is 428 g/mol. The number of nitrogens with two attached hydrogens (primary N) is 1. The van der Waals surface area contributed by atoms with Crippen LogP contribution in [0.15, 0.2) is 65.6 Å². The number of nitrogens with one attached hydrogen (secondary N) is 1. The number of aromatic nitrogens is 4. The third kappa shape index (κ3) is 4.26. The van der Waals surface area contributed by atoms with Gasteiger partial charge in [0.25, 0.3) is 0 Å². The van der Waals surface area contributed by atoms with E-state index in [0.717, 1.165) is 23.4 Å². The summed E-state index contributed by atoms with van der Waals surface area (Å²) in [4.78, 5) is 25.1. The van der Waals surface area contributed by atoms with Gasteiger partial charge in [-0.1, -0.05) is 29.4 Å². The highest BCUT2D eigenvalue weighted by Crippen LogP contribution is 2.28. The Balaban J connectivity index is 1.63. The molecule has 8 nitrogen and oxygen atoms in total. The quantitative estimate of drug-likeness (QED) is 0.463. The van der Waals surface area contributed by atoms with Gasteiger partial charge in [0.2, 0.25) is 5.91 Å². The van der Waals surface area contributed by atoms with Crippen molar-refractivity contribution in [2.75, 3.05) is 7.05 Å². The number of benzene rings is 1. The number of primary amides is 1. The maximum atomic E-state index is 11.8. The maximum absolute atomic E-state index is 11.8. The highest BCUT2D eigenvalue weighted by molar-refractivity contribution is 5.85. The molecule has 32 heavy (non-hydrogen) atoms. The van der Waals surface area contributed by atoms with Gasteiger partial charge in [0.05, 0.1) is 29.2 Å². The molecule has 0 spiro atoms. The molecule has 162 valence electrons. The van der Waals surface area contributed by atoms with E-state index in [1.165, 1.54) is 5.56 Å². The largest absolute Gasteiger partial charge is 0.369 e. The summed E-state index contributed by atoms with van der Waals surface area (Å²) in [7, 11) is 1.92. The van der Waals surface area contributed by atoms with E-state index in [9.17, 15) is 4.79 Å². The summed E-state index contributed by atoms with van der Waals surface area (Å²) in [6, 6.07) is 13.6. The van der Waals surface area contributed by atoms with Crippen LogP contribution >= 0.6 is 0 Å². The lowest BCUT2D eigenvalue weighted by Gasteiger charge is -2.20. The molecular formula is C24H24N6O2. The lowest BCUT2D eigenvalue weighted by molar-refractivity contribution is -0.122. The summed E-state index contributed by atoms with van der Waals surface area (Å²) in [6.45, 7) is 4.29. The molecule has 1 aromatic carbocycles. The van der Waals surface area contributed by atoms with E-state index in [-0.39, 0.29) is 0 Å². The van der Waals surface area contributed by atoms with E-state index in [1.54, 1.807) is 38.5 Å². The number of hydrogen-bond donors (Lipinski definition) is 2. The number of carbonyl (C=O) groups excluding carboxylic acids is 1. The van der Waals surface area contributed by atoms with Crippen LogP contribution in [0.25, 0.3) is 34.0 Å². The van der Waals surface area contributed by atoms with Crippen LogP contribution in [-0.4, -0.2) is 33.1 Å². The fraction of sp³-hybridized carbons (Fsp3) is 0.208. The number of carbonyl (C=O) groups is 1. The lowest BCUT2D eigenvalue weighted by atomic mass is 9.87. The molecule has 4 rings (SSSR count). The van der Waals surface area contributed by atoms with Gasteiger partial charge in [-0.25, -0.2) is 4.98 Å². The van der Waals surface area contributed by atoms with Crippen LogP contribution in [0.4, 0.5) is 0 Å². The molecule has 0 bridgehead atoms. The highest BCUT2D eigenvalue weighted by Gasteiger charge is 2.29. The van der Waals surface area contributed by atoms with Gasteiger partial charge >= 0.3 is 0 Å². The van der Waals surface area contributed by atoms with E-state index < -0.39 is 11.3 Å². The zero-order valence-corrected chi connectivity index (χ0v) is 18.2. The molecule has 3 aromatic heterocycles. The lowest BCUT2D eigenvalue weighted by Crippen LogP contribution is -2.36. The summed E-state index contributed by atoms with van der Waals surface area (Å²) in [5.74, 6) is 0.0653. The first-order chi connectivity index (χ1) is 15.4. The van der Waals surface area contributed by atoms with Crippen molar-refractivity contribution >= 4 is 5.91 Å².